The molecule has 12 aromatic carbocycles. The monoisotopic (exact) mass is 1710 g/mol. The summed E-state index contributed by atoms with van der Waals surface area (Å²) in [6.07, 6.45) is 9.50. The molecule has 4 aliphatic rings. The first-order valence-corrected chi connectivity index (χ1v) is 45.3. The maximum absolute atomic E-state index is 12.3. The number of carbonyl (C=O) groups is 1. The Labute approximate surface area is 756 Å². The minimum absolute atomic E-state index is 0.119. The fourth-order valence-corrected chi connectivity index (χ4v) is 17.1. The van der Waals surface area contributed by atoms with Crippen LogP contribution in [-0.4, -0.2) is 161 Å². The van der Waals surface area contributed by atoms with Crippen molar-refractivity contribution >= 4 is 62.1 Å². The van der Waals surface area contributed by atoms with Crippen LogP contribution in [0.5, 0.6) is 23.0 Å². The number of hydrogen-bond donors (Lipinski definition) is 8. The lowest BCUT2D eigenvalue weighted by Gasteiger charge is -2.40. The number of aliphatic hydroxyl groups excluding tert-OH is 4. The zero-order valence-corrected chi connectivity index (χ0v) is 74.4. The van der Waals surface area contributed by atoms with Gasteiger partial charge in [0.05, 0.1) is 13.2 Å². The summed E-state index contributed by atoms with van der Waals surface area (Å²) in [5.74, 6) is 2.01. The zero-order valence-electron chi connectivity index (χ0n) is 74.4. The molecule has 3 saturated heterocycles. The highest BCUT2D eigenvalue weighted by atomic mass is 16.6. The summed E-state index contributed by atoms with van der Waals surface area (Å²) in [6, 6.07) is 106. The lowest BCUT2D eigenvalue weighted by Crippen LogP contribution is -2.50. The molecule has 12 aromatic rings. The predicted octanol–water partition coefficient (Wildman–Crippen LogP) is 22.7. The Kier molecular flexibility index (Phi) is 34.0. The second kappa shape index (κ2) is 46.8. The average molecular weight is 1710 g/mol. The summed E-state index contributed by atoms with van der Waals surface area (Å²) in [4.78, 5) is 21.2. The van der Waals surface area contributed by atoms with E-state index in [1.165, 1.54) is 75.2 Å². The van der Waals surface area contributed by atoms with E-state index in [0.29, 0.717) is 44.7 Å². The van der Waals surface area contributed by atoms with E-state index in [1.807, 2.05) is 118 Å². The number of carbonyl (C=O) groups excluding carboxylic acids is 1. The van der Waals surface area contributed by atoms with E-state index in [1.54, 1.807) is 53.4 Å². The second-order valence-electron chi connectivity index (χ2n) is 34.3. The number of phenols is 4. The van der Waals surface area contributed by atoms with Crippen molar-refractivity contribution in [3.63, 3.8) is 0 Å². The van der Waals surface area contributed by atoms with E-state index in [-0.39, 0.29) is 61.4 Å². The van der Waals surface area contributed by atoms with Crippen LogP contribution in [0.15, 0.2) is 315 Å². The van der Waals surface area contributed by atoms with Crippen molar-refractivity contribution in [2.45, 2.75) is 109 Å². The number of hydrogen-bond acceptors (Lipinski definition) is 14. The van der Waals surface area contributed by atoms with Crippen LogP contribution < -0.4 is 9.80 Å². The highest BCUT2D eigenvalue weighted by molar-refractivity contribution is 6.02. The number of nitrogens with zero attached hydrogens (tertiary/aromatic N) is 4. The number of ether oxygens (including phenoxy) is 2. The Balaban J connectivity index is 0.000000146. The number of aromatic hydroxyl groups is 4. The lowest BCUT2D eigenvalue weighted by atomic mass is 9.79. The van der Waals surface area contributed by atoms with Crippen LogP contribution in [-0.2, 0) is 9.47 Å². The number of phenolic OH excluding ortho intramolecular Hbond substituents is 4. The molecular formula is C113H124N4O11. The lowest BCUT2D eigenvalue weighted by molar-refractivity contribution is 0.00817. The molecule has 15 nitrogen and oxygen atoms in total. The molecule has 662 valence electrons. The van der Waals surface area contributed by atoms with Crippen LogP contribution in [0.1, 0.15) is 181 Å². The molecule has 16 rings (SSSR count). The molecule has 15 heteroatoms. The summed E-state index contributed by atoms with van der Waals surface area (Å²) in [7, 11) is 2.17. The summed E-state index contributed by atoms with van der Waals surface area (Å²) in [6.45, 7) is 15.1. The standard InChI is InChI=1S/C31H35NO4.C28H32N2O2.C27H29NO3.C27H28O2/c1-31(2,3)36-30(35)32-20-26(21-32)22-11-13-24(14-12-22)29(25-15-17-27(34)18-16-25)28(10-7-19-33)23-8-5-4-6-9-23;1-29-17-19-30(20-18-29)25-13-9-23(10-14-25)28(24-11-15-26(32)16-12-24)27(8-5-21-31)22-6-3-2-4-7-22;29-18-4-7-26(21-5-2-1-3-6-21)27(23-10-14-25(30)15-11-23)22-8-12-24(13-9-22)28-16-19-31-20-17-28;28-19-5-10-26(22-6-2-1-3-7-22)27(24-15-17-25(29)18-16-24)23-13-11-21(12-14-23)20-8-4-9-20/h4-6,8-9,11-18,26,33-34H,7,10,19-21H2,1-3H3;2-4,6-7,9-16,31-32H,5,8,17-21H2,1H3;1-3,5-6,8-15,29-30H,4,7,16-20H2;1-3,6-7,11-18,20,28-29H,4-5,8-10,19H2/b29-28+;28-27+;2*27-26+. The van der Waals surface area contributed by atoms with Gasteiger partial charge < -0.3 is 69.9 Å². The zero-order chi connectivity index (χ0) is 89.6. The minimum Gasteiger partial charge on any atom is -0.508 e. The topological polar surface area (TPSA) is 210 Å². The van der Waals surface area contributed by atoms with Gasteiger partial charge >= 0.3 is 6.09 Å². The van der Waals surface area contributed by atoms with Crippen molar-refractivity contribution in [2.75, 3.05) is 109 Å². The molecule has 0 atom stereocenters. The molecule has 3 heterocycles. The summed E-state index contributed by atoms with van der Waals surface area (Å²) < 4.78 is 11.0. The van der Waals surface area contributed by atoms with Crippen molar-refractivity contribution in [3.05, 3.63) is 393 Å². The van der Waals surface area contributed by atoms with Gasteiger partial charge in [0.25, 0.3) is 0 Å². The number of anilines is 2. The van der Waals surface area contributed by atoms with Gasteiger partial charge in [-0.1, -0.05) is 249 Å². The highest BCUT2D eigenvalue weighted by Gasteiger charge is 2.35. The van der Waals surface area contributed by atoms with Crippen molar-refractivity contribution in [1.29, 1.82) is 0 Å². The minimum atomic E-state index is -0.493. The van der Waals surface area contributed by atoms with E-state index < -0.39 is 5.60 Å². The predicted molar refractivity (Wildman–Crippen MR) is 523 cm³/mol. The molecule has 0 unspecified atom stereocenters. The van der Waals surface area contributed by atoms with Crippen LogP contribution in [0.3, 0.4) is 0 Å². The Morgan fingerprint density at radius 3 is 0.844 bits per heavy atom. The molecule has 1 aliphatic carbocycles. The number of rotatable bonds is 28. The second-order valence-corrected chi connectivity index (χ2v) is 34.3. The number of likely N-dealkylation sites (N-methyl/N-ethyl adjacent to an activating group) is 1. The summed E-state index contributed by atoms with van der Waals surface area (Å²) >= 11 is 0. The van der Waals surface area contributed by atoms with Crippen LogP contribution in [0.4, 0.5) is 16.2 Å². The quantitative estimate of drug-likeness (QED) is 0.0215. The fraction of sp³-hybridized carbons (Fsp3) is 0.283. The number of benzene rings is 12. The van der Waals surface area contributed by atoms with Crippen LogP contribution >= 0.6 is 0 Å². The van der Waals surface area contributed by atoms with Crippen LogP contribution in [0.25, 0.3) is 44.6 Å². The van der Waals surface area contributed by atoms with Crippen LogP contribution in [0, 0.1) is 0 Å². The first-order chi connectivity index (χ1) is 62.4. The van der Waals surface area contributed by atoms with Gasteiger partial charge in [-0.3, -0.25) is 0 Å². The number of likely N-dealkylation sites (tertiary alicyclic amines) is 1. The van der Waals surface area contributed by atoms with E-state index >= 15 is 0 Å². The van der Waals surface area contributed by atoms with E-state index in [9.17, 15) is 45.6 Å². The maximum atomic E-state index is 12.3. The molecule has 1 saturated carbocycles. The summed E-state index contributed by atoms with van der Waals surface area (Å²) in [5, 5.41) is 77.5. The van der Waals surface area contributed by atoms with Crippen molar-refractivity contribution in [2.24, 2.45) is 0 Å². The van der Waals surface area contributed by atoms with Gasteiger partial charge in [0.1, 0.15) is 28.6 Å². The third-order valence-electron chi connectivity index (χ3n) is 24.2. The smallest absolute Gasteiger partial charge is 0.410 e. The van der Waals surface area contributed by atoms with E-state index in [0.717, 1.165) is 156 Å². The van der Waals surface area contributed by atoms with Gasteiger partial charge in [0.15, 0.2) is 0 Å². The normalized spacial score (nSPS) is 15.0. The molecule has 3 aliphatic heterocycles. The average Bonchev–Trinajstić information content (AvgIpc) is 0.798. The molecule has 0 spiro atoms. The molecule has 8 N–H and O–H groups in total. The number of allylic oxidation sites excluding steroid dienone is 4. The number of amides is 1. The van der Waals surface area contributed by atoms with Gasteiger partial charge in [0, 0.05) is 96.1 Å². The molecule has 0 radical (unpaired) electrons. The van der Waals surface area contributed by atoms with Crippen LogP contribution in [0.2, 0.25) is 0 Å². The third kappa shape index (κ3) is 25.6. The SMILES string of the molecule is CC(C)(C)OC(=O)N1CC(c2ccc(/C(=C(/CCCO)c3ccccc3)c3ccc(O)cc3)cc2)C1.CN1CCN(c2ccc(/C(=C(/CCCO)c3ccccc3)c3ccc(O)cc3)cc2)CC1.OCCC/C(=C(\c1ccc(O)cc1)c1ccc(C2CCC2)cc1)c1ccccc1.OCCC/C(=C(\c1ccc(O)cc1)c1ccc(N2CCOCC2)cc1)c1ccccc1. The Hall–Kier alpha value is -12.6. The largest absolute Gasteiger partial charge is 0.508 e. The van der Waals surface area contributed by atoms with Crippen molar-refractivity contribution in [1.82, 2.24) is 9.80 Å². The fourth-order valence-electron chi connectivity index (χ4n) is 17.1. The van der Waals surface area contributed by atoms with Crippen molar-refractivity contribution in [3.8, 4) is 23.0 Å². The molecule has 128 heavy (non-hydrogen) atoms. The molecule has 0 bridgehead atoms. The Morgan fingerprint density at radius 2 is 0.586 bits per heavy atom. The van der Waals surface area contributed by atoms with Crippen molar-refractivity contribution < 1.29 is 55.1 Å². The molecule has 4 fully saturated rings. The van der Waals surface area contributed by atoms with Gasteiger partial charge in [-0.15, -0.1) is 0 Å². The Morgan fingerprint density at radius 1 is 0.328 bits per heavy atom. The van der Waals surface area contributed by atoms with Gasteiger partial charge in [0.2, 0.25) is 0 Å². The number of morpholine rings is 1. The van der Waals surface area contributed by atoms with E-state index in [4.69, 9.17) is 9.47 Å². The first-order valence-electron chi connectivity index (χ1n) is 45.3. The molecule has 0 aromatic heterocycles. The number of aliphatic hydroxyl groups is 4. The van der Waals surface area contributed by atoms with Gasteiger partial charge in [-0.2, -0.15) is 0 Å². The van der Waals surface area contributed by atoms with E-state index in [2.05, 4.69) is 192 Å². The summed E-state index contributed by atoms with van der Waals surface area (Å²) in [5.41, 5.74) is 27.2. The maximum Gasteiger partial charge on any atom is 0.410 e. The molecular weight excluding hydrogens is 1590 g/mol. The Bertz CT molecular complexity index is 5540. The third-order valence-corrected chi connectivity index (χ3v) is 24.2. The first kappa shape index (κ1) is 93.1. The van der Waals surface area contributed by atoms with Gasteiger partial charge in [-0.05, 0) is 293 Å². The number of piperazine rings is 1. The highest BCUT2D eigenvalue weighted by Crippen LogP contribution is 2.44. The van der Waals surface area contributed by atoms with Gasteiger partial charge in [-0.25, -0.2) is 4.79 Å². The molecule has 1 amide bonds.